The fourth-order valence-corrected chi connectivity index (χ4v) is 2.73. The summed E-state index contributed by atoms with van der Waals surface area (Å²) >= 11 is 0. The fraction of sp³-hybridized carbons (Fsp3) is 0.571. The van der Waals surface area contributed by atoms with Gasteiger partial charge in [0, 0.05) is 24.8 Å². The Morgan fingerprint density at radius 3 is 2.62 bits per heavy atom. The van der Waals surface area contributed by atoms with Crippen LogP contribution in [0.1, 0.15) is 30.4 Å². The lowest BCUT2D eigenvalue weighted by Crippen LogP contribution is -2.42. The molecule has 0 heterocycles. The van der Waals surface area contributed by atoms with Crippen LogP contribution in [0.2, 0.25) is 0 Å². The first-order valence-corrected chi connectivity index (χ1v) is 6.15. The molecule has 0 amide bonds. The molecule has 1 fully saturated rings. The zero-order valence-electron chi connectivity index (χ0n) is 10.5. The Hall–Kier alpha value is -1.02. The molecule has 1 saturated carbocycles. The number of likely N-dealkylation sites (N-methyl/N-ethyl adjacent to an activating group) is 1. The second-order valence-electron chi connectivity index (χ2n) is 5.06. The minimum atomic E-state index is 0.338. The molecular weight excluding hydrogens is 196 g/mol. The van der Waals surface area contributed by atoms with Crippen molar-refractivity contribution in [3.05, 3.63) is 29.3 Å². The number of anilines is 1. The largest absolute Gasteiger partial charge is 0.370 e. The molecule has 0 saturated heterocycles. The van der Waals surface area contributed by atoms with Crippen LogP contribution >= 0.6 is 0 Å². The normalized spacial score (nSPS) is 24.8. The molecule has 16 heavy (non-hydrogen) atoms. The maximum absolute atomic E-state index is 6.16. The van der Waals surface area contributed by atoms with Gasteiger partial charge in [-0.15, -0.1) is 0 Å². The molecule has 0 aliphatic heterocycles. The first-order chi connectivity index (χ1) is 7.59. The number of aryl methyl sites for hydroxylation is 2. The van der Waals surface area contributed by atoms with E-state index in [0.29, 0.717) is 12.1 Å². The zero-order valence-corrected chi connectivity index (χ0v) is 10.5. The van der Waals surface area contributed by atoms with Crippen LogP contribution in [0.4, 0.5) is 5.69 Å². The van der Waals surface area contributed by atoms with Crippen LogP contribution in [0.5, 0.6) is 0 Å². The summed E-state index contributed by atoms with van der Waals surface area (Å²) in [5, 5.41) is 0. The van der Waals surface area contributed by atoms with E-state index in [2.05, 4.69) is 44.0 Å². The summed E-state index contributed by atoms with van der Waals surface area (Å²) in [6, 6.07) is 7.48. The van der Waals surface area contributed by atoms with Crippen molar-refractivity contribution in [1.29, 1.82) is 0 Å². The van der Waals surface area contributed by atoms with E-state index in [1.54, 1.807) is 0 Å². The lowest BCUT2D eigenvalue weighted by Gasteiger charge is -2.31. The van der Waals surface area contributed by atoms with E-state index >= 15 is 0 Å². The molecule has 2 atom stereocenters. The molecule has 0 radical (unpaired) electrons. The summed E-state index contributed by atoms with van der Waals surface area (Å²) < 4.78 is 0. The first-order valence-electron chi connectivity index (χ1n) is 6.15. The standard InChI is InChI=1S/C14H22N2/c1-10-7-8-11(2)14(9-10)16(3)13-6-4-5-12(13)15/h7-9,12-13H,4-6,15H2,1-3H3. The van der Waals surface area contributed by atoms with Crippen molar-refractivity contribution in [2.24, 2.45) is 5.73 Å². The fourth-order valence-electron chi connectivity index (χ4n) is 2.73. The minimum absolute atomic E-state index is 0.338. The number of benzene rings is 1. The molecular formula is C14H22N2. The predicted octanol–water partition coefficient (Wildman–Crippen LogP) is 2.62. The highest BCUT2D eigenvalue weighted by Crippen LogP contribution is 2.29. The summed E-state index contributed by atoms with van der Waals surface area (Å²) in [5.41, 5.74) is 10.2. The summed E-state index contributed by atoms with van der Waals surface area (Å²) in [6.07, 6.45) is 3.66. The van der Waals surface area contributed by atoms with Gasteiger partial charge >= 0.3 is 0 Å². The molecule has 2 rings (SSSR count). The highest BCUT2D eigenvalue weighted by Gasteiger charge is 2.28. The molecule has 88 valence electrons. The van der Waals surface area contributed by atoms with Gasteiger partial charge in [-0.25, -0.2) is 0 Å². The average molecular weight is 218 g/mol. The van der Waals surface area contributed by atoms with Crippen molar-refractivity contribution >= 4 is 5.69 Å². The van der Waals surface area contributed by atoms with Crippen molar-refractivity contribution < 1.29 is 0 Å². The van der Waals surface area contributed by atoms with Gasteiger partial charge in [0.05, 0.1) is 0 Å². The van der Waals surface area contributed by atoms with Gasteiger partial charge < -0.3 is 10.6 Å². The van der Waals surface area contributed by atoms with Gasteiger partial charge in [0.25, 0.3) is 0 Å². The van der Waals surface area contributed by atoms with Crippen LogP contribution in [0.25, 0.3) is 0 Å². The van der Waals surface area contributed by atoms with Gasteiger partial charge in [-0.1, -0.05) is 12.1 Å². The van der Waals surface area contributed by atoms with Gasteiger partial charge in [-0.2, -0.15) is 0 Å². The quantitative estimate of drug-likeness (QED) is 0.827. The third kappa shape index (κ3) is 2.07. The molecule has 2 unspecified atom stereocenters. The average Bonchev–Trinajstić information content (AvgIpc) is 2.67. The Bertz CT molecular complexity index is 373. The summed E-state index contributed by atoms with van der Waals surface area (Å²) in [5.74, 6) is 0. The third-order valence-electron chi connectivity index (χ3n) is 3.77. The Kier molecular flexibility index (Phi) is 3.20. The molecule has 1 aliphatic rings. The second-order valence-corrected chi connectivity index (χ2v) is 5.06. The first kappa shape index (κ1) is 11.5. The molecule has 1 aromatic carbocycles. The molecule has 0 bridgehead atoms. The van der Waals surface area contributed by atoms with Crippen molar-refractivity contribution in [3.63, 3.8) is 0 Å². The van der Waals surface area contributed by atoms with E-state index in [4.69, 9.17) is 5.73 Å². The molecule has 2 N–H and O–H groups in total. The SMILES string of the molecule is Cc1ccc(C)c(N(C)C2CCCC2N)c1. The van der Waals surface area contributed by atoms with Gasteiger partial charge in [0.2, 0.25) is 0 Å². The topological polar surface area (TPSA) is 29.3 Å². The van der Waals surface area contributed by atoms with Gasteiger partial charge in [-0.3, -0.25) is 0 Å². The van der Waals surface area contributed by atoms with E-state index in [1.807, 2.05) is 0 Å². The highest BCUT2D eigenvalue weighted by molar-refractivity contribution is 5.55. The van der Waals surface area contributed by atoms with Crippen molar-refractivity contribution in [2.75, 3.05) is 11.9 Å². The number of hydrogen-bond acceptors (Lipinski definition) is 2. The number of hydrogen-bond donors (Lipinski definition) is 1. The molecule has 0 spiro atoms. The van der Waals surface area contributed by atoms with Crippen LogP contribution < -0.4 is 10.6 Å². The van der Waals surface area contributed by atoms with Crippen LogP contribution in [0.15, 0.2) is 18.2 Å². The van der Waals surface area contributed by atoms with Crippen LogP contribution in [0, 0.1) is 13.8 Å². The molecule has 1 aromatic rings. The number of nitrogens with zero attached hydrogens (tertiary/aromatic N) is 1. The van der Waals surface area contributed by atoms with Gasteiger partial charge in [0.1, 0.15) is 0 Å². The molecule has 2 nitrogen and oxygen atoms in total. The monoisotopic (exact) mass is 218 g/mol. The minimum Gasteiger partial charge on any atom is -0.370 e. The van der Waals surface area contributed by atoms with Gasteiger partial charge in [-0.05, 0) is 50.3 Å². The molecule has 2 heteroatoms. The number of nitrogens with two attached hydrogens (primary N) is 1. The van der Waals surface area contributed by atoms with Crippen molar-refractivity contribution in [1.82, 2.24) is 0 Å². The van der Waals surface area contributed by atoms with E-state index in [0.717, 1.165) is 0 Å². The van der Waals surface area contributed by atoms with E-state index < -0.39 is 0 Å². The van der Waals surface area contributed by atoms with E-state index in [1.165, 1.54) is 36.1 Å². The maximum atomic E-state index is 6.16. The van der Waals surface area contributed by atoms with Crippen LogP contribution in [0.3, 0.4) is 0 Å². The van der Waals surface area contributed by atoms with E-state index in [-0.39, 0.29) is 0 Å². The Morgan fingerprint density at radius 1 is 1.25 bits per heavy atom. The summed E-state index contributed by atoms with van der Waals surface area (Å²) in [4.78, 5) is 2.38. The Balaban J connectivity index is 2.25. The predicted molar refractivity (Wildman–Crippen MR) is 69.9 cm³/mol. The maximum Gasteiger partial charge on any atom is 0.0437 e. The summed E-state index contributed by atoms with van der Waals surface area (Å²) in [6.45, 7) is 4.32. The molecule has 1 aliphatic carbocycles. The Labute approximate surface area is 98.4 Å². The van der Waals surface area contributed by atoms with Crippen LogP contribution in [-0.2, 0) is 0 Å². The zero-order chi connectivity index (χ0) is 11.7. The third-order valence-corrected chi connectivity index (χ3v) is 3.77. The second kappa shape index (κ2) is 4.46. The van der Waals surface area contributed by atoms with Crippen molar-refractivity contribution in [2.45, 2.75) is 45.2 Å². The van der Waals surface area contributed by atoms with Crippen LogP contribution in [-0.4, -0.2) is 19.1 Å². The smallest absolute Gasteiger partial charge is 0.0437 e. The Morgan fingerprint density at radius 2 is 2.00 bits per heavy atom. The number of rotatable bonds is 2. The molecule has 0 aromatic heterocycles. The van der Waals surface area contributed by atoms with E-state index in [9.17, 15) is 0 Å². The van der Waals surface area contributed by atoms with Crippen molar-refractivity contribution in [3.8, 4) is 0 Å². The van der Waals surface area contributed by atoms with Gasteiger partial charge in [0.15, 0.2) is 0 Å². The summed E-state index contributed by atoms with van der Waals surface area (Å²) in [7, 11) is 2.18. The lowest BCUT2D eigenvalue weighted by atomic mass is 10.1. The lowest BCUT2D eigenvalue weighted by molar-refractivity contribution is 0.572. The highest BCUT2D eigenvalue weighted by atomic mass is 15.2.